The molecule has 0 aliphatic carbocycles. The van der Waals surface area contributed by atoms with E-state index < -0.39 is 35.5 Å². The Balaban J connectivity index is 1.84. The van der Waals surface area contributed by atoms with Gasteiger partial charge in [-0.25, -0.2) is 10.0 Å². The van der Waals surface area contributed by atoms with Crippen LogP contribution < -0.4 is 9.75 Å². The summed E-state index contributed by atoms with van der Waals surface area (Å²) in [6.07, 6.45) is -4.91. The highest BCUT2D eigenvalue weighted by atomic mass is 19.4. The fourth-order valence-corrected chi connectivity index (χ4v) is 3.57. The standard InChI is InChI=1S/C22H13F3N6O3/c1-30-19(32)16(13-5-3-2-4-6-13)17-18(20(30)33)29-31(21(11-26,12-27)28-17)14-7-9-15(10-8-14)34-22(23,24)25/h2-10,16H,1H3. The van der Waals surface area contributed by atoms with Gasteiger partial charge in [0.1, 0.15) is 23.8 Å². The lowest BCUT2D eigenvalue weighted by molar-refractivity contribution is -0.274. The van der Waals surface area contributed by atoms with Crippen LogP contribution in [-0.2, 0) is 9.59 Å². The van der Waals surface area contributed by atoms with Gasteiger partial charge >= 0.3 is 12.0 Å². The van der Waals surface area contributed by atoms with Gasteiger partial charge in [-0.2, -0.15) is 15.6 Å². The van der Waals surface area contributed by atoms with Crippen molar-refractivity contribution in [3.05, 3.63) is 60.2 Å². The zero-order valence-corrected chi connectivity index (χ0v) is 17.3. The quantitative estimate of drug-likeness (QED) is 0.641. The first-order chi connectivity index (χ1) is 16.1. The van der Waals surface area contributed by atoms with Gasteiger partial charge in [-0.1, -0.05) is 30.3 Å². The second kappa shape index (κ2) is 8.01. The number of piperidine rings is 1. The van der Waals surface area contributed by atoms with Crippen molar-refractivity contribution in [2.45, 2.75) is 17.9 Å². The summed E-state index contributed by atoms with van der Waals surface area (Å²) >= 11 is 0. The Morgan fingerprint density at radius 3 is 2.21 bits per heavy atom. The second-order valence-corrected chi connectivity index (χ2v) is 7.24. The van der Waals surface area contributed by atoms with Gasteiger partial charge in [0, 0.05) is 7.05 Å². The second-order valence-electron chi connectivity index (χ2n) is 7.24. The number of likely N-dealkylation sites (N-methyl/N-ethyl adjacent to an activating group) is 1. The lowest BCUT2D eigenvalue weighted by Gasteiger charge is -2.38. The van der Waals surface area contributed by atoms with Crippen molar-refractivity contribution in [1.29, 1.82) is 10.5 Å². The Labute approximate surface area is 190 Å². The molecule has 1 unspecified atom stereocenters. The molecule has 0 radical (unpaired) electrons. The van der Waals surface area contributed by atoms with E-state index >= 15 is 0 Å². The van der Waals surface area contributed by atoms with Gasteiger partial charge in [0.05, 0.1) is 11.4 Å². The predicted molar refractivity (Wildman–Crippen MR) is 111 cm³/mol. The molecule has 34 heavy (non-hydrogen) atoms. The van der Waals surface area contributed by atoms with E-state index in [-0.39, 0.29) is 17.1 Å². The van der Waals surface area contributed by atoms with E-state index in [9.17, 15) is 33.3 Å². The maximum absolute atomic E-state index is 13.0. The molecule has 2 aliphatic heterocycles. The molecule has 2 aliphatic rings. The first kappa shape index (κ1) is 22.5. The third-order valence-electron chi connectivity index (χ3n) is 5.15. The minimum absolute atomic E-state index is 0.00320. The van der Waals surface area contributed by atoms with Gasteiger partial charge in [-0.15, -0.1) is 13.2 Å². The van der Waals surface area contributed by atoms with Crippen LogP contribution in [0, 0.1) is 22.7 Å². The van der Waals surface area contributed by atoms with Crippen LogP contribution in [0.4, 0.5) is 18.9 Å². The van der Waals surface area contributed by atoms with E-state index in [2.05, 4.69) is 14.8 Å². The number of benzene rings is 2. The first-order valence-corrected chi connectivity index (χ1v) is 9.64. The molecule has 0 spiro atoms. The summed E-state index contributed by atoms with van der Waals surface area (Å²) in [5.41, 5.74) is -2.26. The number of nitrogens with zero attached hydrogens (tertiary/aromatic N) is 6. The van der Waals surface area contributed by atoms with Crippen LogP contribution in [0.25, 0.3) is 0 Å². The summed E-state index contributed by atoms with van der Waals surface area (Å²) in [4.78, 5) is 30.9. The Hall–Kier alpha value is -4.71. The van der Waals surface area contributed by atoms with E-state index in [0.717, 1.165) is 34.2 Å². The summed E-state index contributed by atoms with van der Waals surface area (Å²) in [6, 6.07) is 16.0. The minimum atomic E-state index is -4.91. The molecular formula is C22H13F3N6O3. The SMILES string of the molecule is CN1C(=O)C2=NN(c3ccc(OC(F)(F)F)cc3)C(C#N)(C#N)N=C2C(c2ccccc2)C1=O. The maximum atomic E-state index is 13.0. The van der Waals surface area contributed by atoms with Crippen LogP contribution in [0.1, 0.15) is 11.5 Å². The van der Waals surface area contributed by atoms with Gasteiger partial charge < -0.3 is 4.74 Å². The van der Waals surface area contributed by atoms with Crippen LogP contribution in [-0.4, -0.2) is 47.2 Å². The first-order valence-electron chi connectivity index (χ1n) is 9.64. The molecule has 9 nitrogen and oxygen atoms in total. The highest BCUT2D eigenvalue weighted by Crippen LogP contribution is 2.36. The molecule has 0 aromatic heterocycles. The molecule has 170 valence electrons. The molecule has 2 amide bonds. The third kappa shape index (κ3) is 3.71. The summed E-state index contributed by atoms with van der Waals surface area (Å²) in [5.74, 6) is -3.04. The summed E-state index contributed by atoms with van der Waals surface area (Å²) in [6.45, 7) is 0. The largest absolute Gasteiger partial charge is 0.573 e. The number of halogens is 3. The number of anilines is 1. The number of hydrogen-bond donors (Lipinski definition) is 0. The average molecular weight is 466 g/mol. The van der Waals surface area contributed by atoms with Crippen molar-refractivity contribution in [2.75, 3.05) is 12.1 Å². The molecule has 2 heterocycles. The molecule has 1 saturated heterocycles. The maximum Gasteiger partial charge on any atom is 0.573 e. The summed E-state index contributed by atoms with van der Waals surface area (Å²) in [7, 11) is 1.27. The normalized spacial score (nSPS) is 19.4. The molecule has 0 N–H and O–H groups in total. The molecule has 1 fully saturated rings. The van der Waals surface area contributed by atoms with E-state index in [1.54, 1.807) is 42.5 Å². The molecule has 0 bridgehead atoms. The molecule has 2 aromatic rings. The number of fused-ring (bicyclic) bond motifs is 1. The van der Waals surface area contributed by atoms with Gasteiger partial charge in [-0.3, -0.25) is 14.5 Å². The van der Waals surface area contributed by atoms with Crippen molar-refractivity contribution in [3.63, 3.8) is 0 Å². The number of rotatable bonds is 3. The summed E-state index contributed by atoms with van der Waals surface area (Å²) < 4.78 is 41.3. The molecular weight excluding hydrogens is 453 g/mol. The van der Waals surface area contributed by atoms with Crippen molar-refractivity contribution in [3.8, 4) is 17.9 Å². The Bertz CT molecular complexity index is 1290. The lowest BCUT2D eigenvalue weighted by Crippen LogP contribution is -2.58. The zero-order chi connectivity index (χ0) is 24.7. The highest BCUT2D eigenvalue weighted by Gasteiger charge is 2.51. The van der Waals surface area contributed by atoms with Crippen LogP contribution in [0.3, 0.4) is 0 Å². The van der Waals surface area contributed by atoms with Crippen molar-refractivity contribution in [2.24, 2.45) is 10.1 Å². The van der Waals surface area contributed by atoms with Crippen LogP contribution >= 0.6 is 0 Å². The fraction of sp³-hybridized carbons (Fsp3) is 0.182. The molecule has 4 rings (SSSR count). The predicted octanol–water partition coefficient (Wildman–Crippen LogP) is 2.73. The number of alkyl halides is 3. The van der Waals surface area contributed by atoms with Crippen molar-refractivity contribution in [1.82, 2.24) is 4.90 Å². The Kier molecular flexibility index (Phi) is 5.30. The number of ether oxygens (including phenoxy) is 1. The molecule has 12 heteroatoms. The van der Waals surface area contributed by atoms with E-state index in [1.807, 2.05) is 0 Å². The monoisotopic (exact) mass is 466 g/mol. The van der Waals surface area contributed by atoms with E-state index in [1.165, 1.54) is 7.05 Å². The van der Waals surface area contributed by atoms with Crippen LogP contribution in [0.15, 0.2) is 64.7 Å². The van der Waals surface area contributed by atoms with Crippen LogP contribution in [0.2, 0.25) is 0 Å². The Morgan fingerprint density at radius 1 is 1.03 bits per heavy atom. The van der Waals surface area contributed by atoms with E-state index in [0.29, 0.717) is 5.56 Å². The Morgan fingerprint density at radius 2 is 1.65 bits per heavy atom. The average Bonchev–Trinajstić information content (AvgIpc) is 2.82. The van der Waals surface area contributed by atoms with Crippen molar-refractivity contribution >= 4 is 28.9 Å². The molecule has 1 atom stereocenters. The van der Waals surface area contributed by atoms with Gasteiger partial charge in [0.25, 0.3) is 5.91 Å². The minimum Gasteiger partial charge on any atom is -0.406 e. The number of carbonyl (C=O) groups excluding carboxylic acids is 2. The van der Waals surface area contributed by atoms with Crippen LogP contribution in [0.5, 0.6) is 5.75 Å². The number of hydrazone groups is 1. The topological polar surface area (TPSA) is 122 Å². The third-order valence-corrected chi connectivity index (χ3v) is 5.15. The number of carbonyl (C=O) groups is 2. The lowest BCUT2D eigenvalue weighted by atomic mass is 9.85. The number of hydrogen-bond acceptors (Lipinski definition) is 8. The fourth-order valence-electron chi connectivity index (χ4n) is 3.57. The molecule has 0 saturated carbocycles. The van der Waals surface area contributed by atoms with Crippen molar-refractivity contribution < 1.29 is 27.5 Å². The number of likely N-dealkylation sites (tertiary alicyclic amines) is 1. The molecule has 2 aromatic carbocycles. The number of imide groups is 1. The number of amides is 2. The van der Waals surface area contributed by atoms with Gasteiger partial charge in [0.2, 0.25) is 5.91 Å². The highest BCUT2D eigenvalue weighted by molar-refractivity contribution is 6.72. The van der Waals surface area contributed by atoms with E-state index in [4.69, 9.17) is 0 Å². The zero-order valence-electron chi connectivity index (χ0n) is 17.3. The van der Waals surface area contributed by atoms with Gasteiger partial charge in [-0.05, 0) is 29.8 Å². The summed E-state index contributed by atoms with van der Waals surface area (Å²) in [5, 5.41) is 24.7. The number of aliphatic imine (C=N–C) groups is 1. The number of nitriles is 2. The van der Waals surface area contributed by atoms with Gasteiger partial charge in [0.15, 0.2) is 5.71 Å². The smallest absolute Gasteiger partial charge is 0.406 e.